The van der Waals surface area contributed by atoms with Crippen LogP contribution in [0.5, 0.6) is 0 Å². The van der Waals surface area contributed by atoms with Crippen molar-refractivity contribution in [3.63, 3.8) is 0 Å². The van der Waals surface area contributed by atoms with Crippen molar-refractivity contribution in [2.24, 2.45) is 11.8 Å². The Morgan fingerprint density at radius 1 is 0.500 bits per heavy atom. The van der Waals surface area contributed by atoms with Crippen LogP contribution in [0, 0.1) is 11.8 Å². The first kappa shape index (κ1) is 10.5. The summed E-state index contributed by atoms with van der Waals surface area (Å²) >= 11 is 0. The minimum atomic E-state index is 1.11. The predicted molar refractivity (Wildman–Crippen MR) is 62.4 cm³/mol. The summed E-state index contributed by atoms with van der Waals surface area (Å²) in [6.07, 6.45) is 18.4. The molecule has 2 aliphatic carbocycles. The minimum absolute atomic E-state index is 1.11. The van der Waals surface area contributed by atoms with E-state index in [0.29, 0.717) is 0 Å². The zero-order valence-electron chi connectivity index (χ0n) is 9.64. The second-order valence-electron chi connectivity index (χ2n) is 5.59. The molecule has 0 amide bonds. The lowest BCUT2D eigenvalue weighted by Crippen LogP contribution is -2.02. The largest absolute Gasteiger partial charge is 0.0533 e. The van der Waals surface area contributed by atoms with Gasteiger partial charge in [0, 0.05) is 0 Å². The third-order valence-electron chi connectivity index (χ3n) is 4.43. The Labute approximate surface area is 89.5 Å². The molecule has 0 aromatic heterocycles. The minimum Gasteiger partial charge on any atom is -0.0533 e. The lowest BCUT2D eigenvalue weighted by Gasteiger charge is -2.16. The van der Waals surface area contributed by atoms with Crippen LogP contribution in [0.15, 0.2) is 0 Å². The first-order valence-electron chi connectivity index (χ1n) is 6.95. The molecule has 0 heterocycles. The first-order chi connectivity index (χ1) is 6.95. The van der Waals surface area contributed by atoms with E-state index in [0.717, 1.165) is 11.8 Å². The summed E-state index contributed by atoms with van der Waals surface area (Å²) in [4.78, 5) is 0. The molecule has 0 bridgehead atoms. The van der Waals surface area contributed by atoms with Crippen molar-refractivity contribution in [3.05, 3.63) is 0 Å². The van der Waals surface area contributed by atoms with Gasteiger partial charge in [-0.05, 0) is 11.8 Å². The van der Waals surface area contributed by atoms with Crippen molar-refractivity contribution in [3.8, 4) is 0 Å². The van der Waals surface area contributed by atoms with E-state index < -0.39 is 0 Å². The van der Waals surface area contributed by atoms with Gasteiger partial charge in [-0.2, -0.15) is 0 Å². The van der Waals surface area contributed by atoms with E-state index in [1.165, 1.54) is 38.5 Å². The topological polar surface area (TPSA) is 0 Å². The molecule has 0 heteroatoms. The van der Waals surface area contributed by atoms with Crippen LogP contribution in [0.1, 0.15) is 77.0 Å². The molecule has 0 unspecified atom stereocenters. The molecular formula is C14H26. The summed E-state index contributed by atoms with van der Waals surface area (Å²) in [5, 5.41) is 0. The third kappa shape index (κ3) is 3.29. The first-order valence-corrected chi connectivity index (χ1v) is 6.95. The van der Waals surface area contributed by atoms with Gasteiger partial charge in [-0.25, -0.2) is 0 Å². The van der Waals surface area contributed by atoms with Crippen LogP contribution in [0.2, 0.25) is 0 Å². The van der Waals surface area contributed by atoms with Gasteiger partial charge in [0.15, 0.2) is 0 Å². The zero-order valence-corrected chi connectivity index (χ0v) is 9.64. The van der Waals surface area contributed by atoms with Gasteiger partial charge in [-0.3, -0.25) is 0 Å². The molecule has 0 saturated heterocycles. The third-order valence-corrected chi connectivity index (χ3v) is 4.43. The maximum absolute atomic E-state index is 1.56. The van der Waals surface area contributed by atoms with Gasteiger partial charge in [0.25, 0.3) is 0 Å². The smallest absolute Gasteiger partial charge is 0.0414 e. The lowest BCUT2D eigenvalue weighted by molar-refractivity contribution is 0.366. The van der Waals surface area contributed by atoms with Gasteiger partial charge in [0.1, 0.15) is 0 Å². The summed E-state index contributed by atoms with van der Waals surface area (Å²) < 4.78 is 0. The maximum Gasteiger partial charge on any atom is -0.0414 e. The maximum atomic E-state index is 1.56. The molecule has 0 aromatic carbocycles. The fraction of sp³-hybridized carbons (Fsp3) is 1.00. The Balaban J connectivity index is 1.62. The molecule has 0 atom stereocenters. The van der Waals surface area contributed by atoms with Crippen LogP contribution in [-0.2, 0) is 0 Å². The van der Waals surface area contributed by atoms with Crippen LogP contribution in [0.25, 0.3) is 0 Å². The SMILES string of the molecule is C1CCCC(CCC2CCCC2)CC1. The van der Waals surface area contributed by atoms with Gasteiger partial charge in [0.2, 0.25) is 0 Å². The summed E-state index contributed by atoms with van der Waals surface area (Å²) in [6, 6.07) is 0. The molecule has 0 nitrogen and oxygen atoms in total. The molecule has 14 heavy (non-hydrogen) atoms. The zero-order chi connectivity index (χ0) is 9.64. The molecule has 2 fully saturated rings. The Morgan fingerprint density at radius 2 is 0.857 bits per heavy atom. The van der Waals surface area contributed by atoms with Crippen molar-refractivity contribution in [2.75, 3.05) is 0 Å². The number of hydrogen-bond donors (Lipinski definition) is 0. The molecule has 2 rings (SSSR count). The second kappa shape index (κ2) is 5.78. The Hall–Kier alpha value is 0. The second-order valence-corrected chi connectivity index (χ2v) is 5.59. The van der Waals surface area contributed by atoms with Crippen LogP contribution in [0.3, 0.4) is 0 Å². The highest BCUT2D eigenvalue weighted by Gasteiger charge is 2.18. The predicted octanol–water partition coefficient (Wildman–Crippen LogP) is 4.93. The van der Waals surface area contributed by atoms with E-state index in [1.807, 2.05) is 0 Å². The standard InChI is InChI=1S/C14H26/c1-2-4-8-13(7-3-1)11-12-14-9-5-6-10-14/h13-14H,1-12H2. The van der Waals surface area contributed by atoms with Gasteiger partial charge in [0.05, 0.1) is 0 Å². The van der Waals surface area contributed by atoms with Crippen molar-refractivity contribution in [1.82, 2.24) is 0 Å². The van der Waals surface area contributed by atoms with Crippen LogP contribution >= 0.6 is 0 Å². The fourth-order valence-electron chi connectivity index (χ4n) is 3.42. The van der Waals surface area contributed by atoms with Crippen molar-refractivity contribution in [1.29, 1.82) is 0 Å². The molecule has 0 spiro atoms. The highest BCUT2D eigenvalue weighted by atomic mass is 14.2. The van der Waals surface area contributed by atoms with E-state index in [9.17, 15) is 0 Å². The molecule has 0 aromatic rings. The Bertz CT molecular complexity index is 136. The molecule has 2 aliphatic rings. The van der Waals surface area contributed by atoms with Crippen LogP contribution < -0.4 is 0 Å². The van der Waals surface area contributed by atoms with Crippen LogP contribution in [-0.4, -0.2) is 0 Å². The summed E-state index contributed by atoms with van der Waals surface area (Å²) in [6.45, 7) is 0. The summed E-state index contributed by atoms with van der Waals surface area (Å²) in [7, 11) is 0. The summed E-state index contributed by atoms with van der Waals surface area (Å²) in [5.74, 6) is 2.23. The van der Waals surface area contributed by atoms with Gasteiger partial charge in [-0.15, -0.1) is 0 Å². The van der Waals surface area contributed by atoms with Crippen molar-refractivity contribution < 1.29 is 0 Å². The Kier molecular flexibility index (Phi) is 4.34. The molecule has 0 N–H and O–H groups in total. The molecule has 82 valence electrons. The monoisotopic (exact) mass is 194 g/mol. The van der Waals surface area contributed by atoms with Crippen molar-refractivity contribution >= 4 is 0 Å². The Morgan fingerprint density at radius 3 is 1.29 bits per heavy atom. The highest BCUT2D eigenvalue weighted by Crippen LogP contribution is 2.33. The molecular weight excluding hydrogens is 168 g/mol. The number of hydrogen-bond acceptors (Lipinski definition) is 0. The fourth-order valence-corrected chi connectivity index (χ4v) is 3.42. The average molecular weight is 194 g/mol. The normalized spacial score (nSPS) is 26.6. The van der Waals surface area contributed by atoms with Gasteiger partial charge < -0.3 is 0 Å². The van der Waals surface area contributed by atoms with E-state index >= 15 is 0 Å². The van der Waals surface area contributed by atoms with Gasteiger partial charge in [-0.1, -0.05) is 77.0 Å². The molecule has 2 saturated carbocycles. The van der Waals surface area contributed by atoms with E-state index in [2.05, 4.69) is 0 Å². The molecule has 0 radical (unpaired) electrons. The van der Waals surface area contributed by atoms with E-state index in [4.69, 9.17) is 0 Å². The number of rotatable bonds is 3. The molecule has 0 aliphatic heterocycles. The van der Waals surface area contributed by atoms with Crippen molar-refractivity contribution in [2.45, 2.75) is 77.0 Å². The highest BCUT2D eigenvalue weighted by molar-refractivity contribution is 4.71. The van der Waals surface area contributed by atoms with Gasteiger partial charge >= 0.3 is 0 Å². The van der Waals surface area contributed by atoms with Crippen LogP contribution in [0.4, 0.5) is 0 Å². The summed E-state index contributed by atoms with van der Waals surface area (Å²) in [5.41, 5.74) is 0. The van der Waals surface area contributed by atoms with E-state index in [-0.39, 0.29) is 0 Å². The average Bonchev–Trinajstić information content (AvgIpc) is 2.58. The lowest BCUT2D eigenvalue weighted by atomic mass is 9.90. The van der Waals surface area contributed by atoms with E-state index in [1.54, 1.807) is 38.5 Å². The quantitative estimate of drug-likeness (QED) is 0.559.